The molecule has 0 saturated carbocycles. The Morgan fingerprint density at radius 2 is 1.90 bits per heavy atom. The van der Waals surface area contributed by atoms with E-state index >= 15 is 0 Å². The summed E-state index contributed by atoms with van der Waals surface area (Å²) >= 11 is 5.93. The zero-order chi connectivity index (χ0) is 21.2. The fraction of sp³-hybridized carbons (Fsp3) is 0.190. The number of rotatable bonds is 5. The maximum atomic E-state index is 13.7. The van der Waals surface area contributed by atoms with Crippen molar-refractivity contribution in [2.24, 2.45) is 0 Å². The molecule has 1 amide bonds. The van der Waals surface area contributed by atoms with Crippen LogP contribution in [-0.4, -0.2) is 32.9 Å². The minimum atomic E-state index is -1.15. The summed E-state index contributed by atoms with van der Waals surface area (Å²) in [5, 5.41) is 17.2. The summed E-state index contributed by atoms with van der Waals surface area (Å²) in [4.78, 5) is 25.6. The van der Waals surface area contributed by atoms with Crippen molar-refractivity contribution >= 4 is 17.5 Å². The molecule has 1 heterocycles. The van der Waals surface area contributed by atoms with Crippen molar-refractivity contribution in [1.29, 1.82) is 0 Å². The highest BCUT2D eigenvalue weighted by molar-refractivity contribution is 6.30. The molecule has 8 heteroatoms. The van der Waals surface area contributed by atoms with Crippen molar-refractivity contribution in [3.05, 3.63) is 81.4 Å². The first-order valence-electron chi connectivity index (χ1n) is 8.81. The number of aromatic nitrogens is 2. The van der Waals surface area contributed by atoms with Gasteiger partial charge in [0.05, 0.1) is 17.0 Å². The van der Waals surface area contributed by atoms with Gasteiger partial charge >= 0.3 is 0 Å². The highest BCUT2D eigenvalue weighted by Crippen LogP contribution is 2.20. The molecule has 0 unspecified atom stereocenters. The second-order valence-corrected chi connectivity index (χ2v) is 7.58. The third-order valence-corrected chi connectivity index (χ3v) is 4.28. The molecule has 150 valence electrons. The van der Waals surface area contributed by atoms with Crippen LogP contribution in [-0.2, 0) is 0 Å². The van der Waals surface area contributed by atoms with Gasteiger partial charge in [-0.15, -0.1) is 0 Å². The molecule has 2 N–H and O–H groups in total. The first-order valence-corrected chi connectivity index (χ1v) is 9.19. The second-order valence-electron chi connectivity index (χ2n) is 7.14. The number of carbonyl (C=O) groups is 1. The fourth-order valence-corrected chi connectivity index (χ4v) is 2.72. The Hall–Kier alpha value is -3.03. The molecule has 2 aromatic carbocycles. The van der Waals surface area contributed by atoms with Crippen molar-refractivity contribution in [2.75, 3.05) is 6.54 Å². The number of nitrogens with one attached hydrogen (secondary N) is 1. The Kier molecular flexibility index (Phi) is 5.81. The normalized spacial score (nSPS) is 11.3. The van der Waals surface area contributed by atoms with Gasteiger partial charge in [-0.05, 0) is 50.2 Å². The van der Waals surface area contributed by atoms with E-state index in [1.807, 2.05) is 0 Å². The van der Waals surface area contributed by atoms with Gasteiger partial charge in [0.2, 0.25) is 0 Å². The minimum Gasteiger partial charge on any atom is -0.389 e. The number of nitrogens with zero attached hydrogens (tertiary/aromatic N) is 2. The average Bonchev–Trinajstić information content (AvgIpc) is 2.66. The number of halogens is 2. The molecule has 0 bridgehead atoms. The Bertz CT molecular complexity index is 1110. The van der Waals surface area contributed by atoms with E-state index < -0.39 is 22.9 Å². The van der Waals surface area contributed by atoms with Crippen LogP contribution in [0.3, 0.4) is 0 Å². The zero-order valence-corrected chi connectivity index (χ0v) is 16.6. The Labute approximate surface area is 171 Å². The molecule has 3 rings (SSSR count). The van der Waals surface area contributed by atoms with E-state index in [4.69, 9.17) is 11.6 Å². The average molecular weight is 416 g/mol. The number of amides is 1. The smallest absolute Gasteiger partial charge is 0.284 e. The SMILES string of the molecule is CC(C)(O)CNC(=O)c1cc(-c2ccc(Cl)cc2)nn(-c2cccc(F)c2)c1=O. The van der Waals surface area contributed by atoms with Gasteiger partial charge in [-0.2, -0.15) is 9.78 Å². The maximum Gasteiger partial charge on any atom is 0.284 e. The van der Waals surface area contributed by atoms with Crippen LogP contribution < -0.4 is 10.9 Å². The molecule has 6 nitrogen and oxygen atoms in total. The summed E-state index contributed by atoms with van der Waals surface area (Å²) in [6.45, 7) is 3.01. The van der Waals surface area contributed by atoms with Crippen molar-refractivity contribution in [3.8, 4) is 16.9 Å². The van der Waals surface area contributed by atoms with Gasteiger partial charge in [-0.3, -0.25) is 9.59 Å². The first-order chi connectivity index (χ1) is 13.6. The Balaban J connectivity index is 2.15. The van der Waals surface area contributed by atoms with Gasteiger partial charge in [0.15, 0.2) is 0 Å². The quantitative estimate of drug-likeness (QED) is 0.670. The number of aliphatic hydroxyl groups is 1. The van der Waals surface area contributed by atoms with E-state index in [0.717, 1.165) is 10.7 Å². The van der Waals surface area contributed by atoms with Crippen LogP contribution in [0.15, 0.2) is 59.4 Å². The molecule has 0 spiro atoms. The summed E-state index contributed by atoms with van der Waals surface area (Å²) in [6.07, 6.45) is 0. The summed E-state index contributed by atoms with van der Waals surface area (Å²) in [5.41, 5.74) is -0.902. The van der Waals surface area contributed by atoms with Crippen molar-refractivity contribution in [2.45, 2.75) is 19.4 Å². The van der Waals surface area contributed by atoms with Crippen LogP contribution in [0, 0.1) is 5.82 Å². The number of hydrogen-bond donors (Lipinski definition) is 2. The molecule has 0 aliphatic carbocycles. The third-order valence-electron chi connectivity index (χ3n) is 4.03. The Morgan fingerprint density at radius 1 is 1.21 bits per heavy atom. The molecule has 0 fully saturated rings. The highest BCUT2D eigenvalue weighted by Gasteiger charge is 2.20. The lowest BCUT2D eigenvalue weighted by atomic mass is 10.1. The summed E-state index contributed by atoms with van der Waals surface area (Å²) < 4.78 is 14.7. The van der Waals surface area contributed by atoms with Gasteiger partial charge in [-0.25, -0.2) is 4.39 Å². The predicted molar refractivity (Wildman–Crippen MR) is 109 cm³/mol. The molecule has 29 heavy (non-hydrogen) atoms. The van der Waals surface area contributed by atoms with Crippen LogP contribution in [0.5, 0.6) is 0 Å². The van der Waals surface area contributed by atoms with Crippen molar-refractivity contribution < 1.29 is 14.3 Å². The largest absolute Gasteiger partial charge is 0.389 e. The number of hydrogen-bond acceptors (Lipinski definition) is 4. The summed E-state index contributed by atoms with van der Waals surface area (Å²) in [5.74, 6) is -1.21. The van der Waals surface area contributed by atoms with E-state index in [1.54, 1.807) is 24.3 Å². The van der Waals surface area contributed by atoms with E-state index in [2.05, 4.69) is 10.4 Å². The fourth-order valence-electron chi connectivity index (χ4n) is 2.59. The molecule has 3 aromatic rings. The standard InChI is InChI=1S/C21H19ClFN3O3/c1-21(2,29)12-24-19(27)17-11-18(13-6-8-14(22)9-7-13)25-26(20(17)28)16-5-3-4-15(23)10-16/h3-11,29H,12H2,1-2H3,(H,24,27). The first kappa shape index (κ1) is 20.7. The van der Waals surface area contributed by atoms with E-state index in [1.165, 1.54) is 38.1 Å². The van der Waals surface area contributed by atoms with Gasteiger partial charge in [0.25, 0.3) is 11.5 Å². The van der Waals surface area contributed by atoms with Crippen LogP contribution in [0.25, 0.3) is 16.9 Å². The molecular formula is C21H19ClFN3O3. The monoisotopic (exact) mass is 415 g/mol. The topological polar surface area (TPSA) is 84.2 Å². The van der Waals surface area contributed by atoms with Gasteiger partial charge in [0.1, 0.15) is 11.4 Å². The molecule has 1 aromatic heterocycles. The number of benzene rings is 2. The lowest BCUT2D eigenvalue weighted by Crippen LogP contribution is -2.41. The molecule has 0 saturated heterocycles. The highest BCUT2D eigenvalue weighted by atomic mass is 35.5. The van der Waals surface area contributed by atoms with E-state index in [-0.39, 0.29) is 17.8 Å². The molecule has 0 atom stereocenters. The Morgan fingerprint density at radius 3 is 2.52 bits per heavy atom. The molecule has 0 aliphatic heterocycles. The van der Waals surface area contributed by atoms with Crippen LogP contribution in [0.2, 0.25) is 5.02 Å². The molecular weight excluding hydrogens is 397 g/mol. The second kappa shape index (κ2) is 8.14. The minimum absolute atomic E-state index is 0.0517. The van der Waals surface area contributed by atoms with Gasteiger partial charge in [0, 0.05) is 17.1 Å². The molecule has 0 aliphatic rings. The zero-order valence-electron chi connectivity index (χ0n) is 15.8. The number of carbonyl (C=O) groups excluding carboxylic acids is 1. The summed E-state index contributed by atoms with van der Waals surface area (Å²) in [6, 6.07) is 13.4. The van der Waals surface area contributed by atoms with Gasteiger partial charge in [-0.1, -0.05) is 29.8 Å². The van der Waals surface area contributed by atoms with Crippen LogP contribution in [0.4, 0.5) is 4.39 Å². The van der Waals surface area contributed by atoms with E-state index in [0.29, 0.717) is 16.3 Å². The van der Waals surface area contributed by atoms with Crippen LogP contribution >= 0.6 is 11.6 Å². The predicted octanol–water partition coefficient (Wildman–Crippen LogP) is 3.19. The van der Waals surface area contributed by atoms with Crippen molar-refractivity contribution in [1.82, 2.24) is 15.1 Å². The van der Waals surface area contributed by atoms with Crippen molar-refractivity contribution in [3.63, 3.8) is 0 Å². The third kappa shape index (κ3) is 5.07. The molecule has 0 radical (unpaired) electrons. The summed E-state index contributed by atoms with van der Waals surface area (Å²) in [7, 11) is 0. The van der Waals surface area contributed by atoms with Crippen LogP contribution in [0.1, 0.15) is 24.2 Å². The lowest BCUT2D eigenvalue weighted by molar-refractivity contribution is 0.0693. The lowest BCUT2D eigenvalue weighted by Gasteiger charge is -2.18. The van der Waals surface area contributed by atoms with E-state index in [9.17, 15) is 19.1 Å². The van der Waals surface area contributed by atoms with Gasteiger partial charge < -0.3 is 10.4 Å². The maximum absolute atomic E-state index is 13.7.